The molecule has 0 radical (unpaired) electrons. The van der Waals surface area contributed by atoms with E-state index in [1.165, 1.54) is 0 Å². The van der Waals surface area contributed by atoms with Gasteiger partial charge < -0.3 is 18.9 Å². The highest BCUT2D eigenvalue weighted by molar-refractivity contribution is 5.81. The number of fused-ring (bicyclic) bond motifs is 2. The van der Waals surface area contributed by atoms with E-state index in [0.717, 1.165) is 43.3 Å². The Kier molecular flexibility index (Phi) is 4.25. The van der Waals surface area contributed by atoms with E-state index in [1.54, 1.807) is 20.5 Å². The van der Waals surface area contributed by atoms with Crippen molar-refractivity contribution in [2.24, 2.45) is 0 Å². The van der Waals surface area contributed by atoms with E-state index < -0.39 is 0 Å². The van der Waals surface area contributed by atoms with E-state index in [0.29, 0.717) is 6.54 Å². The van der Waals surface area contributed by atoms with Gasteiger partial charge in [0.15, 0.2) is 0 Å². The number of amides is 1. The van der Waals surface area contributed by atoms with Gasteiger partial charge in [0.25, 0.3) is 0 Å². The zero-order chi connectivity index (χ0) is 17.4. The average molecular weight is 343 g/mol. The van der Waals surface area contributed by atoms with Crippen LogP contribution in [0.3, 0.4) is 0 Å². The van der Waals surface area contributed by atoms with Gasteiger partial charge in [0.2, 0.25) is 5.91 Å². The van der Waals surface area contributed by atoms with Crippen LogP contribution in [0.25, 0.3) is 11.0 Å². The lowest BCUT2D eigenvalue weighted by molar-refractivity contribution is -0.141. The molecule has 3 atom stereocenters. The van der Waals surface area contributed by atoms with Crippen molar-refractivity contribution in [3.63, 3.8) is 0 Å². The molecule has 4 rings (SSSR count). The van der Waals surface area contributed by atoms with Crippen molar-refractivity contribution in [2.75, 3.05) is 20.8 Å². The van der Waals surface area contributed by atoms with Crippen LogP contribution in [0.15, 0.2) is 30.6 Å². The molecule has 25 heavy (non-hydrogen) atoms. The molecule has 2 heterocycles. The van der Waals surface area contributed by atoms with E-state index in [2.05, 4.69) is 4.98 Å². The molecule has 1 aromatic heterocycles. The molecule has 2 aliphatic rings. The first kappa shape index (κ1) is 16.5. The molecular formula is C19H25N3O3. The number of hydrogen-bond acceptors (Lipinski definition) is 4. The summed E-state index contributed by atoms with van der Waals surface area (Å²) in [5.74, 6) is 0.129. The zero-order valence-electron chi connectivity index (χ0n) is 14.9. The molecule has 1 aliphatic carbocycles. The molecule has 0 bridgehead atoms. The number of carbonyl (C=O) groups is 1. The van der Waals surface area contributed by atoms with Gasteiger partial charge in [-0.15, -0.1) is 0 Å². The summed E-state index contributed by atoms with van der Waals surface area (Å²) >= 11 is 0. The van der Waals surface area contributed by atoms with Crippen LogP contribution in [0.5, 0.6) is 0 Å². The summed E-state index contributed by atoms with van der Waals surface area (Å²) in [7, 11) is 3.53. The summed E-state index contributed by atoms with van der Waals surface area (Å²) in [5.41, 5.74) is 1.70. The molecule has 0 N–H and O–H groups in total. The lowest BCUT2D eigenvalue weighted by atomic mass is 9.79. The Labute approximate surface area is 147 Å². The van der Waals surface area contributed by atoms with Gasteiger partial charge in [0.05, 0.1) is 35.1 Å². The summed E-state index contributed by atoms with van der Waals surface area (Å²) in [4.78, 5) is 19.4. The minimum Gasteiger partial charge on any atom is -0.381 e. The molecule has 1 saturated carbocycles. The van der Waals surface area contributed by atoms with Crippen molar-refractivity contribution in [2.45, 2.75) is 50.0 Å². The first-order chi connectivity index (χ1) is 12.2. The summed E-state index contributed by atoms with van der Waals surface area (Å²) in [5, 5.41) is 0. The maximum Gasteiger partial charge on any atom is 0.242 e. The highest BCUT2D eigenvalue weighted by atomic mass is 16.5. The molecule has 1 aliphatic heterocycles. The Morgan fingerprint density at radius 2 is 2.16 bits per heavy atom. The van der Waals surface area contributed by atoms with Crippen LogP contribution in [-0.4, -0.2) is 58.9 Å². The van der Waals surface area contributed by atoms with Crippen molar-refractivity contribution in [3.05, 3.63) is 30.6 Å². The van der Waals surface area contributed by atoms with Crippen molar-refractivity contribution in [1.29, 1.82) is 0 Å². The van der Waals surface area contributed by atoms with Gasteiger partial charge in [-0.2, -0.15) is 0 Å². The van der Waals surface area contributed by atoms with Crippen LogP contribution < -0.4 is 0 Å². The number of nitrogens with zero attached hydrogens (tertiary/aromatic N) is 3. The highest BCUT2D eigenvalue weighted by Crippen LogP contribution is 2.43. The number of imidazole rings is 1. The zero-order valence-corrected chi connectivity index (χ0v) is 14.9. The Balaban J connectivity index is 1.55. The fourth-order valence-electron chi connectivity index (χ4n) is 4.55. The highest BCUT2D eigenvalue weighted by Gasteiger charge is 2.52. The number of likely N-dealkylation sites (tertiary alicyclic amines) is 1. The smallest absolute Gasteiger partial charge is 0.242 e. The van der Waals surface area contributed by atoms with Crippen LogP contribution in [0, 0.1) is 0 Å². The van der Waals surface area contributed by atoms with Gasteiger partial charge in [-0.3, -0.25) is 4.79 Å². The Morgan fingerprint density at radius 1 is 1.32 bits per heavy atom. The van der Waals surface area contributed by atoms with Gasteiger partial charge in [-0.1, -0.05) is 12.1 Å². The molecule has 2 unspecified atom stereocenters. The predicted molar refractivity (Wildman–Crippen MR) is 94.2 cm³/mol. The second-order valence-corrected chi connectivity index (χ2v) is 7.12. The first-order valence-corrected chi connectivity index (χ1v) is 8.94. The molecule has 1 amide bonds. The molecule has 1 saturated heterocycles. The van der Waals surface area contributed by atoms with Gasteiger partial charge in [0, 0.05) is 20.8 Å². The number of rotatable bonds is 4. The van der Waals surface area contributed by atoms with E-state index in [-0.39, 0.29) is 23.7 Å². The van der Waals surface area contributed by atoms with E-state index >= 15 is 0 Å². The monoisotopic (exact) mass is 343 g/mol. The standard InChI is InChI=1S/C19H25N3O3/c1-24-14-7-8-19(25-2)9-10-22(17(19)11-14)18(23)12-21-13-20-15-5-3-4-6-16(15)21/h3-6,13-14,17H,7-12H2,1-2H3/t14?,17?,19-/m1/s1. The molecule has 2 aromatic rings. The topological polar surface area (TPSA) is 56.6 Å². The Morgan fingerprint density at radius 3 is 2.96 bits per heavy atom. The number of para-hydroxylation sites is 2. The lowest BCUT2D eigenvalue weighted by Gasteiger charge is -2.43. The normalized spacial score (nSPS) is 29.1. The summed E-state index contributed by atoms with van der Waals surface area (Å²) in [6.07, 6.45) is 5.65. The number of hydrogen-bond donors (Lipinski definition) is 0. The van der Waals surface area contributed by atoms with E-state index in [9.17, 15) is 4.79 Å². The molecule has 1 aromatic carbocycles. The number of ether oxygens (including phenoxy) is 2. The molecular weight excluding hydrogens is 318 g/mol. The van der Waals surface area contributed by atoms with E-state index in [4.69, 9.17) is 9.47 Å². The third kappa shape index (κ3) is 2.73. The minimum atomic E-state index is -0.207. The Bertz CT molecular complexity index is 774. The maximum absolute atomic E-state index is 13.0. The fraction of sp³-hybridized carbons (Fsp3) is 0.579. The van der Waals surface area contributed by atoms with Gasteiger partial charge >= 0.3 is 0 Å². The second kappa shape index (κ2) is 6.42. The Hall–Kier alpha value is -1.92. The van der Waals surface area contributed by atoms with Crippen molar-refractivity contribution < 1.29 is 14.3 Å². The molecule has 0 spiro atoms. The number of methoxy groups -OCH3 is 2. The van der Waals surface area contributed by atoms with Crippen LogP contribution in [0.4, 0.5) is 0 Å². The maximum atomic E-state index is 13.0. The van der Waals surface area contributed by atoms with Gasteiger partial charge in [-0.25, -0.2) is 4.98 Å². The number of benzene rings is 1. The molecule has 2 fully saturated rings. The molecule has 6 nitrogen and oxygen atoms in total. The van der Waals surface area contributed by atoms with Crippen molar-refractivity contribution in [3.8, 4) is 0 Å². The number of carbonyl (C=O) groups excluding carboxylic acids is 1. The lowest BCUT2D eigenvalue weighted by Crippen LogP contribution is -2.53. The van der Waals surface area contributed by atoms with Crippen molar-refractivity contribution >= 4 is 16.9 Å². The minimum absolute atomic E-state index is 0.0958. The fourth-order valence-corrected chi connectivity index (χ4v) is 4.55. The average Bonchev–Trinajstić information content (AvgIpc) is 3.23. The van der Waals surface area contributed by atoms with Crippen LogP contribution >= 0.6 is 0 Å². The first-order valence-electron chi connectivity index (χ1n) is 8.94. The van der Waals surface area contributed by atoms with Gasteiger partial charge in [-0.05, 0) is 37.8 Å². The quantitative estimate of drug-likeness (QED) is 0.854. The predicted octanol–water partition coefficient (Wildman–Crippen LogP) is 2.22. The third-order valence-corrected chi connectivity index (χ3v) is 6.03. The SMILES string of the molecule is COC1CC[C@@]2(OC)CCN(C(=O)Cn3cnc4ccccc43)C2C1. The van der Waals surface area contributed by atoms with Gasteiger partial charge in [0.1, 0.15) is 6.54 Å². The second-order valence-electron chi connectivity index (χ2n) is 7.12. The largest absolute Gasteiger partial charge is 0.381 e. The van der Waals surface area contributed by atoms with Crippen LogP contribution in [0.1, 0.15) is 25.7 Å². The number of aromatic nitrogens is 2. The van der Waals surface area contributed by atoms with Crippen LogP contribution in [0.2, 0.25) is 0 Å². The van der Waals surface area contributed by atoms with E-state index in [1.807, 2.05) is 33.7 Å². The third-order valence-electron chi connectivity index (χ3n) is 6.03. The summed E-state index contributed by atoms with van der Waals surface area (Å²) in [6.45, 7) is 1.06. The summed E-state index contributed by atoms with van der Waals surface area (Å²) in [6, 6.07) is 7.99. The summed E-state index contributed by atoms with van der Waals surface area (Å²) < 4.78 is 13.4. The molecule has 6 heteroatoms. The van der Waals surface area contributed by atoms with Crippen molar-refractivity contribution in [1.82, 2.24) is 14.5 Å². The molecule has 134 valence electrons. The van der Waals surface area contributed by atoms with Crippen LogP contribution in [-0.2, 0) is 20.8 Å².